The number of aryl methyl sites for hydroxylation is 1. The molecule has 6 heteroatoms. The molecule has 0 bridgehead atoms. The van der Waals surface area contributed by atoms with Gasteiger partial charge >= 0.3 is 5.97 Å². The Morgan fingerprint density at radius 1 is 1.14 bits per heavy atom. The minimum atomic E-state index is -0.676. The van der Waals surface area contributed by atoms with Crippen LogP contribution in [0.4, 0.5) is 0 Å². The molecule has 0 unspecified atom stereocenters. The Morgan fingerprint density at radius 3 is 2.41 bits per heavy atom. The van der Waals surface area contributed by atoms with Gasteiger partial charge in [-0.2, -0.15) is 0 Å². The molecule has 0 aliphatic heterocycles. The summed E-state index contributed by atoms with van der Waals surface area (Å²) in [6, 6.07) is 8.53. The Morgan fingerprint density at radius 2 is 1.82 bits per heavy atom. The van der Waals surface area contributed by atoms with Gasteiger partial charge in [0.25, 0.3) is 0 Å². The van der Waals surface area contributed by atoms with Crippen molar-refractivity contribution in [3.63, 3.8) is 0 Å². The number of rotatable bonds is 5. The number of ether oxygens (including phenoxy) is 1. The zero-order valence-electron chi connectivity index (χ0n) is 11.8. The predicted octanol–water partition coefficient (Wildman–Crippen LogP) is 3.99. The summed E-state index contributed by atoms with van der Waals surface area (Å²) in [6.07, 6.45) is 2.14. The Bertz CT molecular complexity index is 699. The molecule has 0 aliphatic rings. The predicted molar refractivity (Wildman–Crippen MR) is 84.7 cm³/mol. The number of carbonyl (C=O) groups excluding carboxylic acids is 2. The highest BCUT2D eigenvalue weighted by molar-refractivity contribution is 6.41. The summed E-state index contributed by atoms with van der Waals surface area (Å²) >= 11 is 11.4. The second-order valence-corrected chi connectivity index (χ2v) is 5.31. The van der Waals surface area contributed by atoms with E-state index in [2.05, 4.69) is 4.98 Å². The van der Waals surface area contributed by atoms with Gasteiger partial charge in [0.1, 0.15) is 5.15 Å². The number of esters is 1. The summed E-state index contributed by atoms with van der Waals surface area (Å²) in [5.74, 6) is -0.950. The normalized spacial score (nSPS) is 10.3. The van der Waals surface area contributed by atoms with Gasteiger partial charge in [-0.15, -0.1) is 0 Å². The molecule has 0 saturated carbocycles. The molecule has 4 nitrogen and oxygen atoms in total. The largest absolute Gasteiger partial charge is 0.454 e. The Hall–Kier alpha value is -1.91. The molecule has 0 spiro atoms. The van der Waals surface area contributed by atoms with Crippen LogP contribution in [0.2, 0.25) is 10.2 Å². The number of halogens is 2. The maximum Gasteiger partial charge on any atom is 0.340 e. The molecule has 2 rings (SSSR count). The fraction of sp³-hybridized carbons (Fsp3) is 0.188. The fourth-order valence-corrected chi connectivity index (χ4v) is 2.03. The van der Waals surface area contributed by atoms with Crippen molar-refractivity contribution in [3.05, 3.63) is 63.4 Å². The fourth-order valence-electron chi connectivity index (χ4n) is 1.76. The van der Waals surface area contributed by atoms with E-state index in [1.807, 2.05) is 19.1 Å². The Kier molecular flexibility index (Phi) is 5.52. The molecule has 1 heterocycles. The molecule has 0 atom stereocenters. The summed E-state index contributed by atoms with van der Waals surface area (Å²) in [6.45, 7) is 1.69. The first-order valence-corrected chi connectivity index (χ1v) is 7.37. The molecule has 0 N–H and O–H groups in total. The van der Waals surface area contributed by atoms with Crippen LogP contribution in [0.5, 0.6) is 0 Å². The summed E-state index contributed by atoms with van der Waals surface area (Å²) in [4.78, 5) is 27.5. The van der Waals surface area contributed by atoms with Crippen LogP contribution >= 0.6 is 23.2 Å². The van der Waals surface area contributed by atoms with E-state index in [-0.39, 0.29) is 28.1 Å². The minimum absolute atomic E-state index is 0.102. The third kappa shape index (κ3) is 4.06. The number of pyridine rings is 1. The van der Waals surface area contributed by atoms with E-state index in [1.54, 1.807) is 12.1 Å². The van der Waals surface area contributed by atoms with Gasteiger partial charge in [0, 0.05) is 11.8 Å². The smallest absolute Gasteiger partial charge is 0.340 e. The zero-order valence-corrected chi connectivity index (χ0v) is 13.3. The summed E-state index contributed by atoms with van der Waals surface area (Å²) in [5.41, 5.74) is 1.77. The van der Waals surface area contributed by atoms with Gasteiger partial charge < -0.3 is 4.74 Å². The van der Waals surface area contributed by atoms with Crippen molar-refractivity contribution in [1.29, 1.82) is 0 Å². The Balaban J connectivity index is 1.97. The van der Waals surface area contributed by atoms with Crippen LogP contribution in [-0.2, 0) is 11.2 Å². The van der Waals surface area contributed by atoms with Crippen LogP contribution in [0, 0.1) is 0 Å². The van der Waals surface area contributed by atoms with Crippen molar-refractivity contribution in [2.24, 2.45) is 0 Å². The van der Waals surface area contributed by atoms with Crippen LogP contribution in [-0.4, -0.2) is 23.3 Å². The monoisotopic (exact) mass is 337 g/mol. The van der Waals surface area contributed by atoms with Crippen molar-refractivity contribution < 1.29 is 14.3 Å². The van der Waals surface area contributed by atoms with Gasteiger partial charge in [-0.3, -0.25) is 4.79 Å². The molecular weight excluding hydrogens is 325 g/mol. The van der Waals surface area contributed by atoms with E-state index in [4.69, 9.17) is 27.9 Å². The first-order valence-electron chi connectivity index (χ1n) is 6.61. The van der Waals surface area contributed by atoms with Crippen molar-refractivity contribution in [3.8, 4) is 0 Å². The van der Waals surface area contributed by atoms with Crippen molar-refractivity contribution in [1.82, 2.24) is 4.98 Å². The number of ketones is 1. The van der Waals surface area contributed by atoms with E-state index in [9.17, 15) is 9.59 Å². The number of carbonyl (C=O) groups is 2. The molecule has 1 aromatic carbocycles. The number of nitrogens with zero attached hydrogens (tertiary/aromatic N) is 1. The van der Waals surface area contributed by atoms with Gasteiger partial charge in [-0.05, 0) is 18.1 Å². The summed E-state index contributed by atoms with van der Waals surface area (Å²) in [7, 11) is 0. The first-order chi connectivity index (χ1) is 10.5. The lowest BCUT2D eigenvalue weighted by atomic mass is 10.1. The van der Waals surface area contributed by atoms with E-state index in [0.717, 1.165) is 12.0 Å². The second kappa shape index (κ2) is 7.38. The molecule has 0 amide bonds. The molecule has 2 aromatic rings. The SMILES string of the molecule is CCc1ccc(C(=O)COC(=O)c2cnc(Cl)c(Cl)c2)cc1. The number of benzene rings is 1. The van der Waals surface area contributed by atoms with Crippen LogP contribution in [0.3, 0.4) is 0 Å². The van der Waals surface area contributed by atoms with Crippen molar-refractivity contribution in [2.45, 2.75) is 13.3 Å². The molecule has 0 radical (unpaired) electrons. The number of Topliss-reactive ketones (excluding diaryl/α,β-unsaturated/α-hetero) is 1. The third-order valence-electron chi connectivity index (χ3n) is 3.05. The first kappa shape index (κ1) is 16.5. The maximum absolute atomic E-state index is 12.0. The van der Waals surface area contributed by atoms with Crippen LogP contribution in [0.15, 0.2) is 36.5 Å². The number of aromatic nitrogens is 1. The molecule has 0 aliphatic carbocycles. The molecule has 22 heavy (non-hydrogen) atoms. The van der Waals surface area contributed by atoms with Gasteiger partial charge in [-0.1, -0.05) is 54.4 Å². The molecule has 114 valence electrons. The lowest BCUT2D eigenvalue weighted by Crippen LogP contribution is -2.14. The minimum Gasteiger partial charge on any atom is -0.454 e. The lowest BCUT2D eigenvalue weighted by Gasteiger charge is -2.05. The number of hydrogen-bond acceptors (Lipinski definition) is 4. The molecule has 1 aromatic heterocycles. The van der Waals surface area contributed by atoms with E-state index in [0.29, 0.717) is 5.56 Å². The average molecular weight is 338 g/mol. The zero-order chi connectivity index (χ0) is 16.1. The second-order valence-electron chi connectivity index (χ2n) is 4.55. The molecule has 0 fully saturated rings. The van der Waals surface area contributed by atoms with E-state index < -0.39 is 5.97 Å². The molecular formula is C16H13Cl2NO3. The van der Waals surface area contributed by atoms with Gasteiger partial charge in [0.2, 0.25) is 0 Å². The van der Waals surface area contributed by atoms with Crippen LogP contribution in [0.25, 0.3) is 0 Å². The highest BCUT2D eigenvalue weighted by Gasteiger charge is 2.13. The lowest BCUT2D eigenvalue weighted by molar-refractivity contribution is 0.0474. The highest BCUT2D eigenvalue weighted by Crippen LogP contribution is 2.20. The van der Waals surface area contributed by atoms with Gasteiger partial charge in [0.15, 0.2) is 12.4 Å². The van der Waals surface area contributed by atoms with Crippen molar-refractivity contribution in [2.75, 3.05) is 6.61 Å². The summed E-state index contributed by atoms with van der Waals surface area (Å²) in [5, 5.41) is 0.253. The number of hydrogen-bond donors (Lipinski definition) is 0. The van der Waals surface area contributed by atoms with Gasteiger partial charge in [0.05, 0.1) is 10.6 Å². The van der Waals surface area contributed by atoms with Crippen LogP contribution in [0.1, 0.15) is 33.2 Å². The van der Waals surface area contributed by atoms with Crippen LogP contribution < -0.4 is 0 Å². The maximum atomic E-state index is 12.0. The van der Waals surface area contributed by atoms with E-state index in [1.165, 1.54) is 12.3 Å². The topological polar surface area (TPSA) is 56.3 Å². The average Bonchev–Trinajstić information content (AvgIpc) is 2.54. The Labute approximate surface area is 138 Å². The standard InChI is InChI=1S/C16H13Cl2NO3/c1-2-10-3-5-11(6-4-10)14(20)9-22-16(21)12-7-13(17)15(18)19-8-12/h3-8H,2,9H2,1H3. The highest BCUT2D eigenvalue weighted by atomic mass is 35.5. The van der Waals surface area contributed by atoms with Gasteiger partial charge in [-0.25, -0.2) is 9.78 Å². The third-order valence-corrected chi connectivity index (χ3v) is 3.74. The van der Waals surface area contributed by atoms with E-state index >= 15 is 0 Å². The summed E-state index contributed by atoms with van der Waals surface area (Å²) < 4.78 is 4.97. The van der Waals surface area contributed by atoms with Crippen molar-refractivity contribution >= 4 is 35.0 Å². The quantitative estimate of drug-likeness (QED) is 0.470. The molecule has 0 saturated heterocycles.